The predicted molar refractivity (Wildman–Crippen MR) is 62.6 cm³/mol. The quantitative estimate of drug-likeness (QED) is 0.757. The van der Waals surface area contributed by atoms with E-state index in [9.17, 15) is 9.90 Å². The van der Waals surface area contributed by atoms with Gasteiger partial charge in [0, 0.05) is 11.3 Å². The second kappa shape index (κ2) is 3.85. The summed E-state index contributed by atoms with van der Waals surface area (Å²) in [6.45, 7) is 3.23. The Labute approximate surface area is 93.7 Å². The van der Waals surface area contributed by atoms with Crippen molar-refractivity contribution in [3.05, 3.63) is 41.6 Å². The van der Waals surface area contributed by atoms with E-state index in [1.165, 1.54) is 6.92 Å². The fourth-order valence-electron chi connectivity index (χ4n) is 1.86. The molecule has 0 saturated heterocycles. The summed E-state index contributed by atoms with van der Waals surface area (Å²) in [5, 5.41) is 9.98. The van der Waals surface area contributed by atoms with Gasteiger partial charge >= 0.3 is 0 Å². The van der Waals surface area contributed by atoms with Gasteiger partial charge in [0.1, 0.15) is 0 Å². The number of ketones is 1. The van der Waals surface area contributed by atoms with Crippen molar-refractivity contribution in [3.8, 4) is 17.0 Å². The molecule has 0 radical (unpaired) electrons. The van der Waals surface area contributed by atoms with Crippen LogP contribution in [0.2, 0.25) is 0 Å². The van der Waals surface area contributed by atoms with Gasteiger partial charge in [-0.3, -0.25) is 4.79 Å². The standard InChI is InChI=1S/C13H13NO2/c1-8-11(9(2)15)13(16)12(14-8)10-6-4-3-5-7-10/h3-7,14,16H,1-2H3. The van der Waals surface area contributed by atoms with Crippen molar-refractivity contribution < 1.29 is 9.90 Å². The zero-order valence-electron chi connectivity index (χ0n) is 9.24. The molecule has 1 aromatic heterocycles. The van der Waals surface area contributed by atoms with E-state index in [0.717, 1.165) is 5.56 Å². The number of aromatic hydroxyl groups is 1. The van der Waals surface area contributed by atoms with Gasteiger partial charge in [-0.1, -0.05) is 30.3 Å². The molecule has 0 unspecified atom stereocenters. The van der Waals surface area contributed by atoms with Crippen LogP contribution in [-0.2, 0) is 0 Å². The lowest BCUT2D eigenvalue weighted by Crippen LogP contribution is -1.92. The molecule has 2 rings (SSSR count). The van der Waals surface area contributed by atoms with Gasteiger partial charge in [-0.25, -0.2) is 0 Å². The second-order valence-corrected chi connectivity index (χ2v) is 3.77. The molecule has 2 N–H and O–H groups in total. The smallest absolute Gasteiger partial charge is 0.165 e. The number of nitrogens with one attached hydrogen (secondary N) is 1. The van der Waals surface area contributed by atoms with Crippen LogP contribution in [-0.4, -0.2) is 15.9 Å². The van der Waals surface area contributed by atoms with Crippen molar-refractivity contribution in [1.29, 1.82) is 0 Å². The van der Waals surface area contributed by atoms with Crippen LogP contribution in [0.5, 0.6) is 5.75 Å². The number of benzene rings is 1. The Kier molecular flexibility index (Phi) is 2.52. The van der Waals surface area contributed by atoms with E-state index in [1.807, 2.05) is 30.3 Å². The van der Waals surface area contributed by atoms with Gasteiger partial charge in [-0.15, -0.1) is 0 Å². The Balaban J connectivity index is 2.61. The highest BCUT2D eigenvalue weighted by atomic mass is 16.3. The van der Waals surface area contributed by atoms with Crippen LogP contribution in [0, 0.1) is 6.92 Å². The summed E-state index contributed by atoms with van der Waals surface area (Å²) < 4.78 is 0. The minimum absolute atomic E-state index is 0.0381. The van der Waals surface area contributed by atoms with Crippen LogP contribution in [0.15, 0.2) is 30.3 Å². The molecule has 0 amide bonds. The summed E-state index contributed by atoms with van der Waals surface area (Å²) in [5.74, 6) is -0.0929. The highest BCUT2D eigenvalue weighted by molar-refractivity contribution is 6.00. The number of carbonyl (C=O) groups is 1. The second-order valence-electron chi connectivity index (χ2n) is 3.77. The minimum atomic E-state index is -0.131. The van der Waals surface area contributed by atoms with Crippen molar-refractivity contribution in [2.75, 3.05) is 0 Å². The van der Waals surface area contributed by atoms with Crippen molar-refractivity contribution in [1.82, 2.24) is 4.98 Å². The summed E-state index contributed by atoms with van der Waals surface area (Å²) in [6, 6.07) is 9.45. The van der Waals surface area contributed by atoms with E-state index < -0.39 is 0 Å². The Bertz CT molecular complexity index is 526. The maximum atomic E-state index is 11.4. The van der Waals surface area contributed by atoms with Crippen molar-refractivity contribution in [2.45, 2.75) is 13.8 Å². The Hall–Kier alpha value is -2.03. The van der Waals surface area contributed by atoms with E-state index in [0.29, 0.717) is 17.0 Å². The topological polar surface area (TPSA) is 53.1 Å². The number of rotatable bonds is 2. The third-order valence-electron chi connectivity index (χ3n) is 2.58. The summed E-state index contributed by atoms with van der Waals surface area (Å²) in [4.78, 5) is 14.4. The van der Waals surface area contributed by atoms with Crippen LogP contribution in [0.25, 0.3) is 11.3 Å². The number of Topliss-reactive ketones (excluding diaryl/α,β-unsaturated/α-hetero) is 1. The molecule has 0 aliphatic carbocycles. The average molecular weight is 215 g/mol. The van der Waals surface area contributed by atoms with E-state index in [-0.39, 0.29) is 11.5 Å². The third kappa shape index (κ3) is 1.60. The molecule has 0 bridgehead atoms. The molecular formula is C13H13NO2. The molecule has 3 heteroatoms. The van der Waals surface area contributed by atoms with Gasteiger partial charge < -0.3 is 10.1 Å². The Morgan fingerprint density at radius 3 is 2.38 bits per heavy atom. The maximum absolute atomic E-state index is 11.4. The number of H-pyrrole nitrogens is 1. The summed E-state index contributed by atoms with van der Waals surface area (Å²) in [6.07, 6.45) is 0. The Morgan fingerprint density at radius 2 is 1.88 bits per heavy atom. The van der Waals surface area contributed by atoms with Gasteiger partial charge in [0.2, 0.25) is 0 Å². The predicted octanol–water partition coefficient (Wildman–Crippen LogP) is 2.90. The molecule has 0 saturated carbocycles. The molecular weight excluding hydrogens is 202 g/mol. The highest BCUT2D eigenvalue weighted by Gasteiger charge is 2.18. The van der Waals surface area contributed by atoms with Gasteiger partial charge in [0.05, 0.1) is 11.3 Å². The first-order valence-corrected chi connectivity index (χ1v) is 5.09. The monoisotopic (exact) mass is 215 g/mol. The molecule has 16 heavy (non-hydrogen) atoms. The number of hydrogen-bond acceptors (Lipinski definition) is 2. The van der Waals surface area contributed by atoms with Crippen molar-refractivity contribution in [3.63, 3.8) is 0 Å². The summed E-state index contributed by atoms with van der Waals surface area (Å²) >= 11 is 0. The van der Waals surface area contributed by atoms with Gasteiger partial charge in [-0.2, -0.15) is 0 Å². The lowest BCUT2D eigenvalue weighted by Gasteiger charge is -1.98. The zero-order chi connectivity index (χ0) is 11.7. The largest absolute Gasteiger partial charge is 0.505 e. The van der Waals surface area contributed by atoms with Gasteiger partial charge in [-0.05, 0) is 13.8 Å². The minimum Gasteiger partial charge on any atom is -0.505 e. The third-order valence-corrected chi connectivity index (χ3v) is 2.58. The first kappa shape index (κ1) is 10.5. The summed E-state index contributed by atoms with van der Waals surface area (Å²) in [7, 11) is 0. The number of carbonyl (C=O) groups excluding carboxylic acids is 1. The van der Waals surface area contributed by atoms with E-state index in [2.05, 4.69) is 4.98 Å². The van der Waals surface area contributed by atoms with Crippen LogP contribution in [0.4, 0.5) is 0 Å². The normalized spacial score (nSPS) is 10.4. The summed E-state index contributed by atoms with van der Waals surface area (Å²) in [5.41, 5.74) is 2.54. The van der Waals surface area contributed by atoms with Crippen LogP contribution < -0.4 is 0 Å². The van der Waals surface area contributed by atoms with Crippen LogP contribution in [0.1, 0.15) is 23.0 Å². The molecule has 1 aromatic carbocycles. The molecule has 1 heterocycles. The average Bonchev–Trinajstić information content (AvgIpc) is 2.55. The van der Waals surface area contributed by atoms with E-state index in [1.54, 1.807) is 6.92 Å². The van der Waals surface area contributed by atoms with Gasteiger partial charge in [0.25, 0.3) is 0 Å². The lowest BCUT2D eigenvalue weighted by molar-refractivity contribution is 0.101. The molecule has 0 spiro atoms. The van der Waals surface area contributed by atoms with Gasteiger partial charge in [0.15, 0.2) is 11.5 Å². The Morgan fingerprint density at radius 1 is 1.25 bits per heavy atom. The SMILES string of the molecule is CC(=O)c1c(C)[nH]c(-c2ccccc2)c1O. The first-order chi connectivity index (χ1) is 7.61. The molecule has 2 aromatic rings. The zero-order valence-corrected chi connectivity index (χ0v) is 9.24. The fraction of sp³-hybridized carbons (Fsp3) is 0.154. The number of aromatic amines is 1. The molecule has 0 atom stereocenters. The molecule has 0 aliphatic heterocycles. The number of aryl methyl sites for hydroxylation is 1. The highest BCUT2D eigenvalue weighted by Crippen LogP contribution is 2.33. The van der Waals surface area contributed by atoms with E-state index in [4.69, 9.17) is 0 Å². The molecule has 0 fully saturated rings. The fourth-order valence-corrected chi connectivity index (χ4v) is 1.86. The van der Waals surface area contributed by atoms with Crippen LogP contribution in [0.3, 0.4) is 0 Å². The molecule has 3 nitrogen and oxygen atoms in total. The lowest BCUT2D eigenvalue weighted by atomic mass is 10.1. The maximum Gasteiger partial charge on any atom is 0.165 e. The molecule has 0 aliphatic rings. The van der Waals surface area contributed by atoms with Crippen LogP contribution >= 0.6 is 0 Å². The van der Waals surface area contributed by atoms with Crippen molar-refractivity contribution >= 4 is 5.78 Å². The van der Waals surface area contributed by atoms with E-state index >= 15 is 0 Å². The number of aromatic nitrogens is 1. The van der Waals surface area contributed by atoms with Crippen molar-refractivity contribution in [2.24, 2.45) is 0 Å². The number of hydrogen-bond donors (Lipinski definition) is 2. The first-order valence-electron chi connectivity index (χ1n) is 5.09. The molecule has 82 valence electrons.